The van der Waals surface area contributed by atoms with Gasteiger partial charge in [-0.05, 0) is 5.92 Å². The van der Waals surface area contributed by atoms with E-state index in [9.17, 15) is 8.42 Å². The van der Waals surface area contributed by atoms with E-state index in [1.54, 1.807) is 17.7 Å². The number of nitrogen functional groups attached to an aromatic ring is 1. The molecule has 2 N–H and O–H groups in total. The molecule has 6 heteroatoms. The highest BCUT2D eigenvalue weighted by Crippen LogP contribution is 2.15. The molecule has 1 aromatic heterocycles. The van der Waals surface area contributed by atoms with Gasteiger partial charge < -0.3 is 5.73 Å². The summed E-state index contributed by atoms with van der Waals surface area (Å²) in [7, 11) is -2.96. The zero-order valence-corrected chi connectivity index (χ0v) is 10.8. The predicted molar refractivity (Wildman–Crippen MR) is 65.1 cm³/mol. The normalized spacial score (nSPS) is 12.2. The number of anilines is 1. The number of hydrogen-bond donors (Lipinski definition) is 1. The van der Waals surface area contributed by atoms with Crippen LogP contribution in [0.5, 0.6) is 0 Å². The molecule has 92 valence electrons. The lowest BCUT2D eigenvalue weighted by molar-refractivity contribution is 0.580. The molecule has 0 radical (unpaired) electrons. The Morgan fingerprint density at radius 3 is 2.56 bits per heavy atom. The number of aromatic nitrogens is 2. The highest BCUT2D eigenvalue weighted by molar-refractivity contribution is 7.91. The van der Waals surface area contributed by atoms with Crippen molar-refractivity contribution in [2.24, 2.45) is 0 Å². The minimum Gasteiger partial charge on any atom is -0.384 e. The van der Waals surface area contributed by atoms with E-state index >= 15 is 0 Å². The first-order chi connectivity index (χ1) is 7.35. The zero-order valence-electron chi connectivity index (χ0n) is 9.97. The summed E-state index contributed by atoms with van der Waals surface area (Å²) >= 11 is 0. The second-order valence-corrected chi connectivity index (χ2v) is 6.58. The molecule has 0 fully saturated rings. The van der Waals surface area contributed by atoms with Gasteiger partial charge >= 0.3 is 0 Å². The molecule has 16 heavy (non-hydrogen) atoms. The smallest absolute Gasteiger partial charge is 0.151 e. The number of aryl methyl sites for hydroxylation is 1. The minimum atomic E-state index is -2.96. The van der Waals surface area contributed by atoms with Gasteiger partial charge in [0, 0.05) is 11.8 Å². The number of nitrogens with zero attached hydrogens (tertiary/aromatic N) is 2. The van der Waals surface area contributed by atoms with Gasteiger partial charge in [-0.2, -0.15) is 5.10 Å². The van der Waals surface area contributed by atoms with Crippen LogP contribution in [0.2, 0.25) is 0 Å². The molecular weight excluding hydrogens is 226 g/mol. The van der Waals surface area contributed by atoms with Crippen LogP contribution in [0.3, 0.4) is 0 Å². The van der Waals surface area contributed by atoms with Gasteiger partial charge in [-0.15, -0.1) is 0 Å². The second kappa shape index (κ2) is 4.86. The van der Waals surface area contributed by atoms with Crippen molar-refractivity contribution in [1.29, 1.82) is 0 Å². The van der Waals surface area contributed by atoms with E-state index in [4.69, 9.17) is 5.73 Å². The summed E-state index contributed by atoms with van der Waals surface area (Å²) in [6, 6.07) is 1.79. The van der Waals surface area contributed by atoms with E-state index in [0.29, 0.717) is 18.3 Å². The number of rotatable bonds is 5. The lowest BCUT2D eigenvalue weighted by Crippen LogP contribution is -2.16. The third kappa shape index (κ3) is 3.23. The Kier molecular flexibility index (Phi) is 3.96. The Hall–Kier alpha value is -1.04. The molecule has 0 bridgehead atoms. The molecule has 1 rings (SSSR count). The van der Waals surface area contributed by atoms with Gasteiger partial charge in [-0.1, -0.05) is 20.8 Å². The Bertz CT molecular complexity index is 449. The van der Waals surface area contributed by atoms with Crippen LogP contribution in [-0.2, 0) is 16.4 Å². The average molecular weight is 245 g/mol. The highest BCUT2D eigenvalue weighted by Gasteiger charge is 2.11. The maximum atomic E-state index is 11.3. The summed E-state index contributed by atoms with van der Waals surface area (Å²) in [6.45, 7) is 6.01. The first-order valence-electron chi connectivity index (χ1n) is 5.39. The highest BCUT2D eigenvalue weighted by atomic mass is 32.2. The largest absolute Gasteiger partial charge is 0.384 e. The SMILES string of the molecule is CCS(=O)(=O)CCn1nc(C(C)C)cc1N. The molecular formula is C10H19N3O2S. The van der Waals surface area contributed by atoms with E-state index in [1.165, 1.54) is 0 Å². The van der Waals surface area contributed by atoms with Crippen LogP contribution in [0.15, 0.2) is 6.07 Å². The first kappa shape index (κ1) is 13.0. The third-order valence-electron chi connectivity index (χ3n) is 2.48. The quantitative estimate of drug-likeness (QED) is 0.840. The summed E-state index contributed by atoms with van der Waals surface area (Å²) in [4.78, 5) is 0. The van der Waals surface area contributed by atoms with Crippen molar-refractivity contribution in [3.8, 4) is 0 Å². The van der Waals surface area contributed by atoms with Crippen molar-refractivity contribution in [3.05, 3.63) is 11.8 Å². The Morgan fingerprint density at radius 2 is 2.12 bits per heavy atom. The molecule has 0 aliphatic rings. The molecule has 0 amide bonds. The average Bonchev–Trinajstić information content (AvgIpc) is 2.57. The summed E-state index contributed by atoms with van der Waals surface area (Å²) in [5.74, 6) is 1.07. The van der Waals surface area contributed by atoms with E-state index in [1.807, 2.05) is 13.8 Å². The number of sulfone groups is 1. The molecule has 0 aromatic carbocycles. The van der Waals surface area contributed by atoms with Gasteiger partial charge in [0.15, 0.2) is 9.84 Å². The van der Waals surface area contributed by atoms with E-state index in [2.05, 4.69) is 5.10 Å². The van der Waals surface area contributed by atoms with Crippen molar-refractivity contribution < 1.29 is 8.42 Å². The first-order valence-corrected chi connectivity index (χ1v) is 7.21. The fraction of sp³-hybridized carbons (Fsp3) is 0.700. The molecule has 0 aliphatic carbocycles. The molecule has 0 aliphatic heterocycles. The summed E-state index contributed by atoms with van der Waals surface area (Å²) in [5.41, 5.74) is 6.65. The third-order valence-corrected chi connectivity index (χ3v) is 4.16. The Labute approximate surface area is 96.6 Å². The van der Waals surface area contributed by atoms with Gasteiger partial charge in [-0.3, -0.25) is 0 Å². The van der Waals surface area contributed by atoms with Crippen molar-refractivity contribution in [3.63, 3.8) is 0 Å². The van der Waals surface area contributed by atoms with Crippen LogP contribution < -0.4 is 5.73 Å². The molecule has 0 spiro atoms. The van der Waals surface area contributed by atoms with Gasteiger partial charge in [-0.25, -0.2) is 13.1 Å². The number of nitrogens with two attached hydrogens (primary N) is 1. The van der Waals surface area contributed by atoms with Crippen molar-refractivity contribution in [2.45, 2.75) is 33.2 Å². The zero-order chi connectivity index (χ0) is 12.3. The van der Waals surface area contributed by atoms with E-state index < -0.39 is 9.84 Å². The molecule has 0 atom stereocenters. The van der Waals surface area contributed by atoms with Crippen molar-refractivity contribution in [1.82, 2.24) is 9.78 Å². The van der Waals surface area contributed by atoms with Gasteiger partial charge in [0.2, 0.25) is 0 Å². The Balaban J connectivity index is 2.75. The van der Waals surface area contributed by atoms with Gasteiger partial charge in [0.1, 0.15) is 5.82 Å². The summed E-state index contributed by atoms with van der Waals surface area (Å²) in [5, 5.41) is 4.27. The van der Waals surface area contributed by atoms with Crippen LogP contribution in [0, 0.1) is 0 Å². The number of hydrogen-bond acceptors (Lipinski definition) is 4. The van der Waals surface area contributed by atoms with Gasteiger partial charge in [0.25, 0.3) is 0 Å². The summed E-state index contributed by atoms with van der Waals surface area (Å²) in [6.07, 6.45) is 0. The van der Waals surface area contributed by atoms with Gasteiger partial charge in [0.05, 0.1) is 18.0 Å². The van der Waals surface area contributed by atoms with Crippen LogP contribution in [0.25, 0.3) is 0 Å². The molecule has 5 nitrogen and oxygen atoms in total. The summed E-state index contributed by atoms with van der Waals surface area (Å²) < 4.78 is 24.2. The van der Waals surface area contributed by atoms with Crippen LogP contribution in [-0.4, -0.2) is 29.7 Å². The van der Waals surface area contributed by atoms with Crippen molar-refractivity contribution in [2.75, 3.05) is 17.2 Å². The maximum absolute atomic E-state index is 11.3. The van der Waals surface area contributed by atoms with Crippen LogP contribution in [0.4, 0.5) is 5.82 Å². The maximum Gasteiger partial charge on any atom is 0.151 e. The fourth-order valence-electron chi connectivity index (χ4n) is 1.28. The van der Waals surface area contributed by atoms with Crippen LogP contribution >= 0.6 is 0 Å². The molecule has 0 saturated carbocycles. The van der Waals surface area contributed by atoms with E-state index in [-0.39, 0.29) is 11.5 Å². The predicted octanol–water partition coefficient (Wildman–Crippen LogP) is 1.02. The standard InChI is InChI=1S/C10H19N3O2S/c1-4-16(14,15)6-5-13-10(11)7-9(12-13)8(2)3/h7-8H,4-6,11H2,1-3H3. The lowest BCUT2D eigenvalue weighted by atomic mass is 10.1. The molecule has 0 unspecified atom stereocenters. The fourth-order valence-corrected chi connectivity index (χ4v) is 2.02. The van der Waals surface area contributed by atoms with E-state index in [0.717, 1.165) is 5.69 Å². The lowest BCUT2D eigenvalue weighted by Gasteiger charge is -2.04. The monoisotopic (exact) mass is 245 g/mol. The minimum absolute atomic E-state index is 0.0902. The molecule has 1 heterocycles. The Morgan fingerprint density at radius 1 is 1.50 bits per heavy atom. The van der Waals surface area contributed by atoms with Crippen LogP contribution in [0.1, 0.15) is 32.4 Å². The molecule has 1 aromatic rings. The topological polar surface area (TPSA) is 78.0 Å². The molecule has 0 saturated heterocycles. The second-order valence-electron chi connectivity index (χ2n) is 4.11. The van der Waals surface area contributed by atoms with Crippen molar-refractivity contribution >= 4 is 15.7 Å².